The molecule has 0 N–H and O–H groups in total. The van der Waals surface area contributed by atoms with Crippen molar-refractivity contribution in [2.75, 3.05) is 0 Å². The van der Waals surface area contributed by atoms with Crippen LogP contribution < -0.4 is 0 Å². The van der Waals surface area contributed by atoms with Crippen LogP contribution in [-0.4, -0.2) is 5.24 Å². The molecule has 0 fully saturated rings. The summed E-state index contributed by atoms with van der Waals surface area (Å²) >= 11 is 5.39. The van der Waals surface area contributed by atoms with Crippen LogP contribution in [-0.2, 0) is 0 Å². The number of hydrogen-bond donors (Lipinski definition) is 0. The molecule has 2 heteroatoms. The molecule has 2 aromatic carbocycles. The Morgan fingerprint density at radius 3 is 2.47 bits per heavy atom. The van der Waals surface area contributed by atoms with Gasteiger partial charge in [0.1, 0.15) is 0 Å². The van der Waals surface area contributed by atoms with E-state index in [2.05, 4.69) is 5.92 Å². The van der Waals surface area contributed by atoms with Crippen molar-refractivity contribution in [1.29, 1.82) is 0 Å². The predicted octanol–water partition coefficient (Wildman–Crippen LogP) is 3.20. The Morgan fingerprint density at radius 2 is 1.80 bits per heavy atom. The van der Waals surface area contributed by atoms with Crippen molar-refractivity contribution in [1.82, 2.24) is 0 Å². The van der Waals surface area contributed by atoms with Crippen molar-refractivity contribution in [3.8, 4) is 12.3 Å². The first-order valence-electron chi connectivity index (χ1n) is 4.41. The van der Waals surface area contributed by atoms with E-state index in [1.54, 1.807) is 12.1 Å². The molecule has 72 valence electrons. The van der Waals surface area contributed by atoms with Crippen LogP contribution in [0.25, 0.3) is 10.8 Å². The van der Waals surface area contributed by atoms with Gasteiger partial charge in [-0.1, -0.05) is 18.1 Å². The summed E-state index contributed by atoms with van der Waals surface area (Å²) in [5.41, 5.74) is 1.32. The van der Waals surface area contributed by atoms with E-state index in [4.69, 9.17) is 18.0 Å². The first-order chi connectivity index (χ1) is 7.20. The van der Waals surface area contributed by atoms with E-state index in [0.717, 1.165) is 16.3 Å². The van der Waals surface area contributed by atoms with Crippen LogP contribution in [0.3, 0.4) is 0 Å². The Bertz CT molecular complexity index is 579. The van der Waals surface area contributed by atoms with E-state index in [9.17, 15) is 4.79 Å². The molecule has 0 aromatic heterocycles. The highest BCUT2D eigenvalue weighted by Gasteiger charge is 2.02. The summed E-state index contributed by atoms with van der Waals surface area (Å²) in [6.45, 7) is 0. The van der Waals surface area contributed by atoms with Gasteiger partial charge in [-0.15, -0.1) is 6.42 Å². The van der Waals surface area contributed by atoms with Gasteiger partial charge in [-0.3, -0.25) is 4.79 Å². The molecule has 0 aliphatic carbocycles. The van der Waals surface area contributed by atoms with Crippen molar-refractivity contribution in [2.24, 2.45) is 0 Å². The molecule has 0 spiro atoms. The van der Waals surface area contributed by atoms with Crippen LogP contribution in [0.1, 0.15) is 15.9 Å². The molecular formula is C13H7ClO. The van der Waals surface area contributed by atoms with Gasteiger partial charge in [0.2, 0.25) is 0 Å². The van der Waals surface area contributed by atoms with Crippen molar-refractivity contribution < 1.29 is 4.79 Å². The fraction of sp³-hybridized carbons (Fsp3) is 0. The Balaban J connectivity index is 2.66. The maximum absolute atomic E-state index is 10.9. The van der Waals surface area contributed by atoms with E-state index >= 15 is 0 Å². The summed E-state index contributed by atoms with van der Waals surface area (Å²) in [5.74, 6) is 2.56. The highest BCUT2D eigenvalue weighted by Crippen LogP contribution is 2.18. The van der Waals surface area contributed by atoms with Gasteiger partial charge in [0, 0.05) is 11.1 Å². The normalized spacial score (nSPS) is 9.87. The quantitative estimate of drug-likeness (QED) is 0.526. The van der Waals surface area contributed by atoms with Crippen LogP contribution in [0.2, 0.25) is 0 Å². The first kappa shape index (κ1) is 9.76. The zero-order valence-corrected chi connectivity index (χ0v) is 8.58. The number of halogens is 1. The van der Waals surface area contributed by atoms with Crippen molar-refractivity contribution in [3.05, 3.63) is 47.5 Å². The average Bonchev–Trinajstić information content (AvgIpc) is 2.27. The van der Waals surface area contributed by atoms with E-state index < -0.39 is 5.24 Å². The zero-order valence-electron chi connectivity index (χ0n) is 7.83. The largest absolute Gasteiger partial charge is 0.276 e. The standard InChI is InChI=1S/C13H7ClO/c1-2-9-3-4-11-8-12(13(14)15)6-5-10(11)7-9/h1,3-8H. The van der Waals surface area contributed by atoms with E-state index in [-0.39, 0.29) is 0 Å². The van der Waals surface area contributed by atoms with E-state index in [1.165, 1.54) is 0 Å². The van der Waals surface area contributed by atoms with Crippen LogP contribution in [0.15, 0.2) is 36.4 Å². The number of benzene rings is 2. The third kappa shape index (κ3) is 1.86. The van der Waals surface area contributed by atoms with E-state index in [1.807, 2.05) is 24.3 Å². The second kappa shape index (κ2) is 3.76. The molecule has 0 saturated heterocycles. The molecule has 0 atom stereocenters. The second-order valence-corrected chi connectivity index (χ2v) is 3.54. The molecule has 0 aliphatic heterocycles. The Kier molecular flexibility index (Phi) is 2.45. The molecule has 0 amide bonds. The van der Waals surface area contributed by atoms with E-state index in [0.29, 0.717) is 5.56 Å². The lowest BCUT2D eigenvalue weighted by atomic mass is 10.1. The lowest BCUT2D eigenvalue weighted by Gasteiger charge is -2.00. The summed E-state index contributed by atoms with van der Waals surface area (Å²) < 4.78 is 0. The number of rotatable bonds is 1. The predicted molar refractivity (Wildman–Crippen MR) is 62.1 cm³/mol. The molecule has 1 nitrogen and oxygen atoms in total. The van der Waals surface area contributed by atoms with Gasteiger partial charge in [0.05, 0.1) is 0 Å². The molecule has 0 radical (unpaired) electrons. The third-order valence-corrected chi connectivity index (χ3v) is 2.45. The molecule has 0 saturated carbocycles. The van der Waals surface area contributed by atoms with Gasteiger partial charge < -0.3 is 0 Å². The Morgan fingerprint density at radius 1 is 1.13 bits per heavy atom. The molecular weight excluding hydrogens is 208 g/mol. The van der Waals surface area contributed by atoms with Crippen LogP contribution in [0.4, 0.5) is 0 Å². The van der Waals surface area contributed by atoms with Crippen LogP contribution in [0, 0.1) is 12.3 Å². The third-order valence-electron chi connectivity index (χ3n) is 2.23. The highest BCUT2D eigenvalue weighted by atomic mass is 35.5. The molecule has 15 heavy (non-hydrogen) atoms. The maximum atomic E-state index is 10.9. The second-order valence-electron chi connectivity index (χ2n) is 3.19. The highest BCUT2D eigenvalue weighted by molar-refractivity contribution is 6.67. The summed E-state index contributed by atoms with van der Waals surface area (Å²) in [7, 11) is 0. The fourth-order valence-electron chi connectivity index (χ4n) is 1.46. The maximum Gasteiger partial charge on any atom is 0.252 e. The first-order valence-corrected chi connectivity index (χ1v) is 4.79. The topological polar surface area (TPSA) is 17.1 Å². The van der Waals surface area contributed by atoms with Gasteiger partial charge in [-0.05, 0) is 46.6 Å². The summed E-state index contributed by atoms with van der Waals surface area (Å²) in [6.07, 6.45) is 5.29. The van der Waals surface area contributed by atoms with Gasteiger partial charge in [0.15, 0.2) is 0 Å². The minimum absolute atomic E-state index is 0.446. The zero-order chi connectivity index (χ0) is 10.8. The molecule has 0 heterocycles. The number of hydrogen-bond acceptors (Lipinski definition) is 1. The van der Waals surface area contributed by atoms with Crippen molar-refractivity contribution in [2.45, 2.75) is 0 Å². The molecule has 0 aliphatic rings. The number of carbonyl (C=O) groups is 1. The average molecular weight is 215 g/mol. The van der Waals surface area contributed by atoms with Crippen molar-refractivity contribution in [3.63, 3.8) is 0 Å². The monoisotopic (exact) mass is 214 g/mol. The minimum Gasteiger partial charge on any atom is -0.276 e. The summed E-state index contributed by atoms with van der Waals surface area (Å²) in [4.78, 5) is 10.9. The molecule has 0 bridgehead atoms. The van der Waals surface area contributed by atoms with Gasteiger partial charge in [-0.2, -0.15) is 0 Å². The number of fused-ring (bicyclic) bond motifs is 1. The Labute approximate surface area is 92.7 Å². The number of terminal acetylenes is 1. The molecule has 2 aromatic rings. The number of carbonyl (C=O) groups excluding carboxylic acids is 1. The van der Waals surface area contributed by atoms with Crippen LogP contribution in [0.5, 0.6) is 0 Å². The SMILES string of the molecule is C#Cc1ccc2cc(C(=O)Cl)ccc2c1. The van der Waals surface area contributed by atoms with Gasteiger partial charge in [0.25, 0.3) is 5.24 Å². The lowest BCUT2D eigenvalue weighted by molar-refractivity contribution is 0.108. The molecule has 0 unspecified atom stereocenters. The fourth-order valence-corrected chi connectivity index (χ4v) is 1.58. The summed E-state index contributed by atoms with van der Waals surface area (Å²) in [5, 5.41) is 1.52. The minimum atomic E-state index is -0.446. The van der Waals surface area contributed by atoms with Gasteiger partial charge in [-0.25, -0.2) is 0 Å². The molecule has 2 rings (SSSR count). The van der Waals surface area contributed by atoms with Gasteiger partial charge >= 0.3 is 0 Å². The Hall–Kier alpha value is -1.78. The summed E-state index contributed by atoms with van der Waals surface area (Å²) in [6, 6.07) is 10.9. The smallest absolute Gasteiger partial charge is 0.252 e. The lowest BCUT2D eigenvalue weighted by Crippen LogP contribution is -1.88. The van der Waals surface area contributed by atoms with Crippen LogP contribution >= 0.6 is 11.6 Å². The van der Waals surface area contributed by atoms with Crippen molar-refractivity contribution >= 4 is 27.6 Å².